The molecule has 0 aliphatic rings. The number of aliphatic carboxylic acids is 1. The van der Waals surface area contributed by atoms with Crippen molar-refractivity contribution in [3.8, 4) is 0 Å². The highest BCUT2D eigenvalue weighted by atomic mass is 16.6. The van der Waals surface area contributed by atoms with Gasteiger partial charge in [0.05, 0.1) is 40.3 Å². The standard InChI is InChI=1S/C40H73NO7/c1-6-8-10-12-14-16-17-18-19-20-21-23-24-26-28-30-38(42)47-35-36(34-46-33-32-37(40(44)45)41(3,4)5)48-39(43)31-29-27-25-22-15-13-11-9-7-2/h9,11,15,22,36-37H,6-8,10,12-14,16-21,23-35H2,1-5H3/b11-9+,22-15+. The van der Waals surface area contributed by atoms with Gasteiger partial charge in [-0.05, 0) is 38.5 Å². The minimum absolute atomic E-state index is 0.0307. The molecule has 2 atom stereocenters. The molecule has 2 unspecified atom stereocenters. The Morgan fingerprint density at radius 1 is 0.646 bits per heavy atom. The van der Waals surface area contributed by atoms with Crippen molar-refractivity contribution in [1.29, 1.82) is 0 Å². The molecule has 0 N–H and O–H groups in total. The van der Waals surface area contributed by atoms with Crippen LogP contribution in [0.3, 0.4) is 0 Å². The Morgan fingerprint density at radius 3 is 1.71 bits per heavy atom. The number of carbonyl (C=O) groups excluding carboxylic acids is 3. The maximum atomic E-state index is 12.6. The number of carbonyl (C=O) groups is 3. The first kappa shape index (κ1) is 45.8. The van der Waals surface area contributed by atoms with E-state index in [0.717, 1.165) is 44.9 Å². The predicted molar refractivity (Wildman–Crippen MR) is 194 cm³/mol. The highest BCUT2D eigenvalue weighted by Gasteiger charge is 2.25. The van der Waals surface area contributed by atoms with E-state index >= 15 is 0 Å². The number of esters is 2. The molecule has 0 radical (unpaired) electrons. The molecule has 0 aliphatic carbocycles. The van der Waals surface area contributed by atoms with Crippen molar-refractivity contribution in [1.82, 2.24) is 0 Å². The average Bonchev–Trinajstić information content (AvgIpc) is 3.03. The summed E-state index contributed by atoms with van der Waals surface area (Å²) < 4.78 is 17.0. The molecule has 0 saturated heterocycles. The smallest absolute Gasteiger partial charge is 0.306 e. The van der Waals surface area contributed by atoms with E-state index in [4.69, 9.17) is 14.2 Å². The number of rotatable bonds is 34. The molecule has 0 bridgehead atoms. The van der Waals surface area contributed by atoms with Crippen LogP contribution >= 0.6 is 0 Å². The number of quaternary nitrogens is 1. The van der Waals surface area contributed by atoms with Crippen LogP contribution in [0.5, 0.6) is 0 Å². The lowest BCUT2D eigenvalue weighted by molar-refractivity contribution is -0.889. The van der Waals surface area contributed by atoms with E-state index < -0.39 is 18.1 Å². The Morgan fingerprint density at radius 2 is 1.17 bits per heavy atom. The molecule has 0 aromatic carbocycles. The van der Waals surface area contributed by atoms with Crippen LogP contribution in [0.25, 0.3) is 0 Å². The predicted octanol–water partition coefficient (Wildman–Crippen LogP) is 8.41. The van der Waals surface area contributed by atoms with E-state index in [1.165, 1.54) is 77.0 Å². The second kappa shape index (κ2) is 32.0. The Balaban J connectivity index is 4.36. The number of hydrogen-bond donors (Lipinski definition) is 0. The van der Waals surface area contributed by atoms with Gasteiger partial charge in [0.1, 0.15) is 12.6 Å². The monoisotopic (exact) mass is 680 g/mol. The van der Waals surface area contributed by atoms with Crippen molar-refractivity contribution in [2.24, 2.45) is 0 Å². The first-order valence-electron chi connectivity index (χ1n) is 19.4. The number of carboxylic acid groups (broad SMARTS) is 1. The zero-order valence-electron chi connectivity index (χ0n) is 31.7. The van der Waals surface area contributed by atoms with Crippen molar-refractivity contribution in [3.05, 3.63) is 24.3 Å². The van der Waals surface area contributed by atoms with Gasteiger partial charge in [0.15, 0.2) is 6.10 Å². The van der Waals surface area contributed by atoms with Gasteiger partial charge < -0.3 is 28.6 Å². The third kappa shape index (κ3) is 29.9. The van der Waals surface area contributed by atoms with Gasteiger partial charge in [-0.15, -0.1) is 0 Å². The zero-order chi connectivity index (χ0) is 35.7. The highest BCUT2D eigenvalue weighted by molar-refractivity contribution is 5.70. The summed E-state index contributed by atoms with van der Waals surface area (Å²) in [6, 6.07) is -0.726. The van der Waals surface area contributed by atoms with E-state index in [9.17, 15) is 19.5 Å². The average molecular weight is 680 g/mol. The number of hydrogen-bond acceptors (Lipinski definition) is 7. The molecule has 8 heteroatoms. The van der Waals surface area contributed by atoms with E-state index in [2.05, 4.69) is 38.2 Å². The second-order valence-corrected chi connectivity index (χ2v) is 14.1. The summed E-state index contributed by atoms with van der Waals surface area (Å²) in [6.07, 6.45) is 32.2. The molecular formula is C40H73NO7. The number of ether oxygens (including phenoxy) is 3. The highest BCUT2D eigenvalue weighted by Crippen LogP contribution is 2.14. The van der Waals surface area contributed by atoms with Gasteiger partial charge >= 0.3 is 11.9 Å². The fourth-order valence-electron chi connectivity index (χ4n) is 5.58. The normalized spacial score (nSPS) is 13.3. The topological polar surface area (TPSA) is 102 Å². The lowest BCUT2D eigenvalue weighted by Crippen LogP contribution is -2.55. The summed E-state index contributed by atoms with van der Waals surface area (Å²) in [5.74, 6) is -1.78. The van der Waals surface area contributed by atoms with Crippen LogP contribution in [0.4, 0.5) is 0 Å². The first-order chi connectivity index (χ1) is 23.1. The van der Waals surface area contributed by atoms with Crippen LogP contribution in [0.1, 0.15) is 162 Å². The maximum Gasteiger partial charge on any atom is 0.306 e. The fraction of sp³-hybridized carbons (Fsp3) is 0.825. The Hall–Kier alpha value is -2.19. The number of carboxylic acids is 1. The van der Waals surface area contributed by atoms with Crippen LogP contribution in [-0.4, -0.2) is 75.5 Å². The van der Waals surface area contributed by atoms with Crippen molar-refractivity contribution in [3.63, 3.8) is 0 Å². The molecule has 8 nitrogen and oxygen atoms in total. The van der Waals surface area contributed by atoms with Crippen LogP contribution in [0.15, 0.2) is 24.3 Å². The minimum atomic E-state index is -1.13. The van der Waals surface area contributed by atoms with Gasteiger partial charge in [-0.25, -0.2) is 0 Å². The molecule has 0 heterocycles. The summed E-state index contributed by atoms with van der Waals surface area (Å²) in [5.41, 5.74) is 0. The molecule has 0 spiro atoms. The van der Waals surface area contributed by atoms with Crippen molar-refractivity contribution in [2.75, 3.05) is 41.0 Å². The molecule has 0 fully saturated rings. The van der Waals surface area contributed by atoms with E-state index in [-0.39, 0.29) is 49.1 Å². The summed E-state index contributed by atoms with van der Waals surface area (Å²) in [7, 11) is 5.38. The Labute approximate surface area is 294 Å². The number of nitrogens with zero attached hydrogens (tertiary/aromatic N) is 1. The van der Waals surface area contributed by atoms with E-state index in [0.29, 0.717) is 12.8 Å². The van der Waals surface area contributed by atoms with Crippen molar-refractivity contribution in [2.45, 2.75) is 174 Å². The number of allylic oxidation sites excluding steroid dienone is 4. The third-order valence-electron chi connectivity index (χ3n) is 8.60. The van der Waals surface area contributed by atoms with Crippen molar-refractivity contribution < 1.29 is 38.2 Å². The summed E-state index contributed by atoms with van der Waals surface area (Å²) in [4.78, 5) is 36.6. The molecule has 0 rings (SSSR count). The molecule has 0 saturated carbocycles. The molecule has 0 amide bonds. The summed E-state index contributed by atoms with van der Waals surface area (Å²) in [6.45, 7) is 4.49. The maximum absolute atomic E-state index is 12.6. The number of unbranched alkanes of at least 4 members (excludes halogenated alkanes) is 16. The summed E-state index contributed by atoms with van der Waals surface area (Å²) >= 11 is 0. The van der Waals surface area contributed by atoms with Gasteiger partial charge in [0.2, 0.25) is 0 Å². The van der Waals surface area contributed by atoms with Gasteiger partial charge in [-0.3, -0.25) is 9.59 Å². The minimum Gasteiger partial charge on any atom is -0.544 e. The SMILES string of the molecule is CC/C=C/C/C=C/CCCCC(=O)OC(COCCC(C(=O)[O-])[N+](C)(C)C)COC(=O)CCCCCCCCCCCCCCCCC. The molecule has 280 valence electrons. The number of likely N-dealkylation sites (N-methyl/N-ethyl adjacent to an activating group) is 1. The fourth-order valence-corrected chi connectivity index (χ4v) is 5.58. The van der Waals surface area contributed by atoms with Crippen LogP contribution in [-0.2, 0) is 28.6 Å². The van der Waals surface area contributed by atoms with Gasteiger partial charge in [0, 0.05) is 19.3 Å². The lowest BCUT2D eigenvalue weighted by atomic mass is 10.0. The lowest BCUT2D eigenvalue weighted by Gasteiger charge is -2.34. The molecule has 0 aromatic rings. The molecule has 0 aliphatic heterocycles. The van der Waals surface area contributed by atoms with Gasteiger partial charge in [-0.1, -0.05) is 128 Å². The third-order valence-corrected chi connectivity index (χ3v) is 8.60. The first-order valence-corrected chi connectivity index (χ1v) is 19.4. The second-order valence-electron chi connectivity index (χ2n) is 14.1. The Kier molecular flexibility index (Phi) is 30.6. The van der Waals surface area contributed by atoms with Crippen LogP contribution in [0.2, 0.25) is 0 Å². The Bertz CT molecular complexity index is 849. The van der Waals surface area contributed by atoms with E-state index in [1.54, 1.807) is 21.1 Å². The summed E-state index contributed by atoms with van der Waals surface area (Å²) in [5, 5.41) is 11.6. The molecule has 48 heavy (non-hydrogen) atoms. The van der Waals surface area contributed by atoms with Crippen molar-refractivity contribution >= 4 is 17.9 Å². The van der Waals surface area contributed by atoms with Crippen LogP contribution in [0, 0.1) is 0 Å². The largest absolute Gasteiger partial charge is 0.544 e. The van der Waals surface area contributed by atoms with Crippen LogP contribution < -0.4 is 5.11 Å². The van der Waals surface area contributed by atoms with Gasteiger partial charge in [-0.2, -0.15) is 0 Å². The van der Waals surface area contributed by atoms with E-state index in [1.807, 2.05) is 0 Å². The molecule has 0 aromatic heterocycles. The molecular weight excluding hydrogens is 606 g/mol. The quantitative estimate of drug-likeness (QED) is 0.0291. The van der Waals surface area contributed by atoms with Gasteiger partial charge in [0.25, 0.3) is 0 Å². The zero-order valence-corrected chi connectivity index (χ0v) is 31.7.